The van der Waals surface area contributed by atoms with Crippen LogP contribution in [0.4, 0.5) is 5.69 Å². The smallest absolute Gasteiger partial charge is 0.264 e. The van der Waals surface area contributed by atoms with Gasteiger partial charge in [0.05, 0.1) is 10.6 Å². The average Bonchev–Trinajstić information content (AvgIpc) is 2.90. The summed E-state index contributed by atoms with van der Waals surface area (Å²) in [5.74, 6) is -0.829. The Kier molecular flexibility index (Phi) is 10.2. The van der Waals surface area contributed by atoms with Crippen LogP contribution >= 0.6 is 11.6 Å². The average molecular weight is 570 g/mol. The lowest BCUT2D eigenvalue weighted by atomic mass is 10.1. The largest absolute Gasteiger partial charge is 0.352 e. The second-order valence-corrected chi connectivity index (χ2v) is 12.1. The van der Waals surface area contributed by atoms with Crippen molar-refractivity contribution >= 4 is 39.1 Å². The van der Waals surface area contributed by atoms with Gasteiger partial charge in [0.15, 0.2) is 0 Å². The number of aryl methyl sites for hydroxylation is 2. The van der Waals surface area contributed by atoms with E-state index in [1.807, 2.05) is 45.9 Å². The Balaban J connectivity index is 2.05. The van der Waals surface area contributed by atoms with Crippen molar-refractivity contribution in [3.8, 4) is 0 Å². The fourth-order valence-corrected chi connectivity index (χ4v) is 5.91. The Labute approximate surface area is 236 Å². The molecule has 3 aromatic carbocycles. The number of benzene rings is 3. The van der Waals surface area contributed by atoms with Crippen LogP contribution in [0, 0.1) is 13.8 Å². The predicted octanol–water partition coefficient (Wildman–Crippen LogP) is 5.48. The minimum absolute atomic E-state index is 0.0710. The molecule has 1 N–H and O–H groups in total. The van der Waals surface area contributed by atoms with E-state index in [0.717, 1.165) is 21.9 Å². The molecule has 0 saturated heterocycles. The van der Waals surface area contributed by atoms with Gasteiger partial charge >= 0.3 is 0 Å². The molecule has 0 aliphatic carbocycles. The summed E-state index contributed by atoms with van der Waals surface area (Å²) in [5.41, 5.74) is 2.81. The summed E-state index contributed by atoms with van der Waals surface area (Å²) in [6, 6.07) is 19.5. The molecule has 0 bridgehead atoms. The molecule has 3 aromatic rings. The second-order valence-electron chi connectivity index (χ2n) is 9.76. The van der Waals surface area contributed by atoms with Crippen LogP contribution in [0.5, 0.6) is 0 Å². The molecule has 0 radical (unpaired) electrons. The van der Waals surface area contributed by atoms with E-state index in [-0.39, 0.29) is 23.4 Å². The molecule has 39 heavy (non-hydrogen) atoms. The Morgan fingerprint density at radius 1 is 0.949 bits per heavy atom. The summed E-state index contributed by atoms with van der Waals surface area (Å²) in [7, 11) is -4.10. The van der Waals surface area contributed by atoms with Crippen molar-refractivity contribution in [2.45, 2.75) is 64.6 Å². The number of nitrogens with one attached hydrogen (secondary N) is 1. The maximum absolute atomic E-state index is 14.0. The van der Waals surface area contributed by atoms with Gasteiger partial charge in [0, 0.05) is 17.6 Å². The fraction of sp³-hybridized carbons (Fsp3) is 0.333. The number of carbonyl (C=O) groups excluding carboxylic acids is 2. The van der Waals surface area contributed by atoms with E-state index in [4.69, 9.17) is 11.6 Å². The third kappa shape index (κ3) is 7.61. The molecule has 7 nitrogen and oxygen atoms in total. The van der Waals surface area contributed by atoms with Gasteiger partial charge in [-0.2, -0.15) is 0 Å². The van der Waals surface area contributed by atoms with Gasteiger partial charge in [0.1, 0.15) is 12.6 Å². The summed E-state index contributed by atoms with van der Waals surface area (Å²) < 4.78 is 28.9. The molecule has 3 rings (SSSR count). The highest BCUT2D eigenvalue weighted by atomic mass is 35.5. The van der Waals surface area contributed by atoms with Crippen molar-refractivity contribution in [3.05, 3.63) is 94.5 Å². The van der Waals surface area contributed by atoms with E-state index in [0.29, 0.717) is 16.3 Å². The van der Waals surface area contributed by atoms with E-state index >= 15 is 0 Å². The zero-order chi connectivity index (χ0) is 28.7. The molecule has 2 atom stereocenters. The maximum atomic E-state index is 14.0. The fourth-order valence-electron chi connectivity index (χ4n) is 4.20. The Hall–Kier alpha value is -3.36. The van der Waals surface area contributed by atoms with Crippen molar-refractivity contribution in [3.63, 3.8) is 0 Å². The first kappa shape index (κ1) is 30.2. The molecule has 0 unspecified atom stereocenters. The minimum Gasteiger partial charge on any atom is -0.352 e. The van der Waals surface area contributed by atoms with Crippen molar-refractivity contribution in [1.82, 2.24) is 10.2 Å². The number of hydrogen-bond acceptors (Lipinski definition) is 4. The first-order chi connectivity index (χ1) is 18.4. The van der Waals surface area contributed by atoms with Gasteiger partial charge in [0.2, 0.25) is 11.8 Å². The molecule has 0 aliphatic heterocycles. The monoisotopic (exact) mass is 569 g/mol. The quantitative estimate of drug-likeness (QED) is 0.331. The first-order valence-corrected chi connectivity index (χ1v) is 14.7. The summed E-state index contributed by atoms with van der Waals surface area (Å²) in [4.78, 5) is 28.6. The topological polar surface area (TPSA) is 86.8 Å². The van der Waals surface area contributed by atoms with Crippen LogP contribution in [0.1, 0.15) is 43.9 Å². The van der Waals surface area contributed by atoms with Crippen molar-refractivity contribution in [2.75, 3.05) is 10.8 Å². The van der Waals surface area contributed by atoms with Crippen molar-refractivity contribution in [2.24, 2.45) is 0 Å². The van der Waals surface area contributed by atoms with Gasteiger partial charge in [-0.05, 0) is 75.6 Å². The SMILES string of the molecule is CC[C@@H](C)NC(=O)[C@H](C)N(Cc1cccc(Cl)c1)C(=O)CN(c1ccc(C)cc1C)S(=O)(=O)c1ccccc1. The van der Waals surface area contributed by atoms with E-state index in [1.54, 1.807) is 49.4 Å². The highest BCUT2D eigenvalue weighted by molar-refractivity contribution is 7.92. The highest BCUT2D eigenvalue weighted by Gasteiger charge is 2.33. The van der Waals surface area contributed by atoms with Crippen LogP contribution in [-0.4, -0.2) is 43.8 Å². The van der Waals surface area contributed by atoms with Crippen molar-refractivity contribution in [1.29, 1.82) is 0 Å². The summed E-state index contributed by atoms with van der Waals surface area (Å²) >= 11 is 6.19. The summed E-state index contributed by atoms with van der Waals surface area (Å²) in [5, 5.41) is 3.43. The normalized spacial score (nSPS) is 12.9. The number of amides is 2. The molecule has 0 saturated carbocycles. The Morgan fingerprint density at radius 3 is 2.26 bits per heavy atom. The molecule has 2 amide bonds. The van der Waals surface area contributed by atoms with Crippen LogP contribution in [0.2, 0.25) is 5.02 Å². The molecule has 0 aromatic heterocycles. The van der Waals surface area contributed by atoms with Crippen LogP contribution in [0.25, 0.3) is 0 Å². The standard InChI is InChI=1S/C30H36ClN3O4S/c1-6-23(4)32-30(36)24(5)33(19-25-11-10-12-26(31)18-25)29(35)20-34(28-16-15-21(2)17-22(28)3)39(37,38)27-13-8-7-9-14-27/h7-18,23-24H,6,19-20H2,1-5H3,(H,32,36)/t23-,24+/m1/s1. The van der Waals surface area contributed by atoms with Gasteiger partial charge < -0.3 is 10.2 Å². The molecular formula is C30H36ClN3O4S. The summed E-state index contributed by atoms with van der Waals surface area (Å²) in [6.07, 6.45) is 0.733. The number of carbonyl (C=O) groups is 2. The predicted molar refractivity (Wildman–Crippen MR) is 156 cm³/mol. The van der Waals surface area contributed by atoms with E-state index in [1.165, 1.54) is 17.0 Å². The zero-order valence-corrected chi connectivity index (χ0v) is 24.6. The molecule has 9 heteroatoms. The second kappa shape index (κ2) is 13.1. The van der Waals surface area contributed by atoms with E-state index < -0.39 is 28.5 Å². The number of halogens is 1. The van der Waals surface area contributed by atoms with Crippen molar-refractivity contribution < 1.29 is 18.0 Å². The maximum Gasteiger partial charge on any atom is 0.264 e. The lowest BCUT2D eigenvalue weighted by Crippen LogP contribution is -2.52. The third-order valence-corrected chi connectivity index (χ3v) is 8.65. The third-order valence-electron chi connectivity index (χ3n) is 6.64. The van der Waals surface area contributed by atoms with Crippen LogP contribution < -0.4 is 9.62 Å². The number of sulfonamides is 1. The number of nitrogens with zero attached hydrogens (tertiary/aromatic N) is 2. The molecule has 0 heterocycles. The number of hydrogen-bond donors (Lipinski definition) is 1. The lowest BCUT2D eigenvalue weighted by Gasteiger charge is -2.33. The number of anilines is 1. The number of rotatable bonds is 11. The molecular weight excluding hydrogens is 534 g/mol. The Morgan fingerprint density at radius 2 is 1.64 bits per heavy atom. The van der Waals surface area contributed by atoms with E-state index in [2.05, 4.69) is 5.32 Å². The van der Waals surface area contributed by atoms with Gasteiger partial charge in [-0.1, -0.05) is 66.6 Å². The van der Waals surface area contributed by atoms with Crippen LogP contribution in [0.15, 0.2) is 77.7 Å². The molecule has 0 aliphatic rings. The zero-order valence-electron chi connectivity index (χ0n) is 23.0. The lowest BCUT2D eigenvalue weighted by molar-refractivity contribution is -0.139. The van der Waals surface area contributed by atoms with Gasteiger partial charge in [-0.15, -0.1) is 0 Å². The highest BCUT2D eigenvalue weighted by Crippen LogP contribution is 2.28. The van der Waals surface area contributed by atoms with E-state index in [9.17, 15) is 18.0 Å². The van der Waals surface area contributed by atoms with Crippen LogP contribution in [0.3, 0.4) is 0 Å². The molecule has 208 valence electrons. The van der Waals surface area contributed by atoms with Gasteiger partial charge in [-0.3, -0.25) is 13.9 Å². The first-order valence-electron chi connectivity index (χ1n) is 12.9. The summed E-state index contributed by atoms with van der Waals surface area (Å²) in [6.45, 7) is 8.83. The molecule has 0 fully saturated rings. The van der Waals surface area contributed by atoms with Crippen LogP contribution in [-0.2, 0) is 26.2 Å². The Bertz CT molecular complexity index is 1410. The van der Waals surface area contributed by atoms with Gasteiger partial charge in [0.25, 0.3) is 10.0 Å². The minimum atomic E-state index is -4.10. The van der Waals surface area contributed by atoms with Gasteiger partial charge in [-0.25, -0.2) is 8.42 Å². The molecule has 0 spiro atoms.